The van der Waals surface area contributed by atoms with E-state index in [-0.39, 0.29) is 42.7 Å². The summed E-state index contributed by atoms with van der Waals surface area (Å²) < 4.78 is 0. The van der Waals surface area contributed by atoms with Gasteiger partial charge in [-0.3, -0.25) is 39.0 Å². The Morgan fingerprint density at radius 1 is 1.18 bits per heavy atom. The lowest BCUT2D eigenvalue weighted by atomic mass is 9.83. The first-order valence-corrected chi connectivity index (χ1v) is 10.8. The zero-order valence-electron chi connectivity index (χ0n) is 17.4. The van der Waals surface area contributed by atoms with Crippen molar-refractivity contribution in [1.29, 1.82) is 0 Å². The van der Waals surface area contributed by atoms with Gasteiger partial charge in [-0.05, 0) is 24.5 Å². The minimum Gasteiger partial charge on any atom is -0.391 e. The molecule has 0 spiro atoms. The van der Waals surface area contributed by atoms with Crippen LogP contribution in [0.1, 0.15) is 45.5 Å². The predicted octanol–water partition coefficient (Wildman–Crippen LogP) is -1.77. The Hall–Kier alpha value is -3.44. The van der Waals surface area contributed by atoms with Crippen molar-refractivity contribution in [3.8, 4) is 0 Å². The predicted molar refractivity (Wildman–Crippen MR) is 109 cm³/mol. The molecule has 33 heavy (non-hydrogen) atoms. The van der Waals surface area contributed by atoms with Crippen LogP contribution in [0.5, 0.6) is 0 Å². The molecule has 2 saturated carbocycles. The molecular weight excluding hydrogens is 432 g/mol. The van der Waals surface area contributed by atoms with Crippen LogP contribution in [0.15, 0.2) is 18.2 Å². The Labute approximate surface area is 187 Å². The van der Waals surface area contributed by atoms with E-state index in [0.29, 0.717) is 5.56 Å². The highest BCUT2D eigenvalue weighted by molar-refractivity contribution is 6.24. The lowest BCUT2D eigenvalue weighted by Gasteiger charge is -2.28. The molecule has 2 aliphatic carbocycles. The van der Waals surface area contributed by atoms with Crippen LogP contribution in [0.4, 0.5) is 0 Å². The molecule has 5 amide bonds. The first-order valence-electron chi connectivity index (χ1n) is 10.8. The normalized spacial score (nSPS) is 32.9. The summed E-state index contributed by atoms with van der Waals surface area (Å²) in [6.45, 7) is -0.0750. The van der Waals surface area contributed by atoms with Crippen molar-refractivity contribution in [2.24, 2.45) is 23.5 Å². The number of nitrogens with one attached hydrogen (secondary N) is 2. The summed E-state index contributed by atoms with van der Waals surface area (Å²) in [5.41, 5.74) is 6.44. The van der Waals surface area contributed by atoms with Crippen molar-refractivity contribution in [2.45, 2.75) is 44.0 Å². The second-order valence-electron chi connectivity index (χ2n) is 8.95. The van der Waals surface area contributed by atoms with Crippen molar-refractivity contribution in [1.82, 2.24) is 15.5 Å². The number of carbonyl (C=O) groups is 6. The van der Waals surface area contributed by atoms with Gasteiger partial charge in [0, 0.05) is 24.9 Å². The number of aliphatic hydroxyl groups is 1. The van der Waals surface area contributed by atoms with Crippen LogP contribution in [0.2, 0.25) is 0 Å². The summed E-state index contributed by atoms with van der Waals surface area (Å²) in [4.78, 5) is 75.6. The number of piperidine rings is 1. The van der Waals surface area contributed by atoms with Crippen LogP contribution >= 0.6 is 0 Å². The molecule has 0 aromatic heterocycles. The fourth-order valence-corrected chi connectivity index (χ4v) is 5.53. The van der Waals surface area contributed by atoms with Crippen LogP contribution in [0.25, 0.3) is 0 Å². The molecule has 2 aliphatic heterocycles. The number of carbonyl (C=O) groups excluding carboxylic acids is 6. The molecule has 1 saturated heterocycles. The van der Waals surface area contributed by atoms with Crippen molar-refractivity contribution >= 4 is 35.3 Å². The molecule has 1 aromatic carbocycles. The largest absolute Gasteiger partial charge is 0.391 e. The van der Waals surface area contributed by atoms with E-state index in [1.165, 1.54) is 6.07 Å². The van der Waals surface area contributed by atoms with E-state index in [1.807, 2.05) is 0 Å². The first kappa shape index (κ1) is 21.4. The summed E-state index contributed by atoms with van der Waals surface area (Å²) in [5, 5.41) is 15.0. The Kier molecular flexibility index (Phi) is 4.91. The van der Waals surface area contributed by atoms with Gasteiger partial charge in [0.2, 0.25) is 17.7 Å². The number of ketones is 1. The van der Waals surface area contributed by atoms with Gasteiger partial charge in [0.15, 0.2) is 0 Å². The van der Waals surface area contributed by atoms with Gasteiger partial charge < -0.3 is 16.2 Å². The number of hydrogen-bond acceptors (Lipinski definition) is 8. The highest BCUT2D eigenvalue weighted by Gasteiger charge is 2.59. The topological polar surface area (TPSA) is 176 Å². The fourth-order valence-electron chi connectivity index (χ4n) is 5.53. The van der Waals surface area contributed by atoms with E-state index in [4.69, 9.17) is 5.73 Å². The Bertz CT molecular complexity index is 1130. The van der Waals surface area contributed by atoms with Crippen molar-refractivity contribution in [3.63, 3.8) is 0 Å². The van der Waals surface area contributed by atoms with Gasteiger partial charge >= 0.3 is 0 Å². The van der Waals surface area contributed by atoms with Crippen LogP contribution < -0.4 is 16.4 Å². The van der Waals surface area contributed by atoms with Gasteiger partial charge in [-0.25, -0.2) is 0 Å². The Morgan fingerprint density at radius 2 is 1.94 bits per heavy atom. The van der Waals surface area contributed by atoms with Gasteiger partial charge in [0.25, 0.3) is 11.8 Å². The maximum absolute atomic E-state index is 13.1. The second kappa shape index (κ2) is 7.56. The lowest BCUT2D eigenvalue weighted by molar-refractivity contribution is -0.136. The third kappa shape index (κ3) is 3.10. The average Bonchev–Trinajstić information content (AvgIpc) is 3.32. The van der Waals surface area contributed by atoms with Crippen LogP contribution in [-0.2, 0) is 25.7 Å². The first-order chi connectivity index (χ1) is 15.7. The van der Waals surface area contributed by atoms with Gasteiger partial charge in [-0.15, -0.1) is 0 Å². The van der Waals surface area contributed by atoms with Crippen molar-refractivity contribution < 1.29 is 33.9 Å². The number of amides is 5. The standard InChI is InChI=1S/C22H22N4O7/c23-16-11-6-10(15(17(11)28)18(16)29)19(30)24-7-8-2-1-3-9-14(8)22(33)26(21(9)32)12-4-5-13(27)25-20(12)31/h1-3,10-12,15-16,18,29H,4-7,23H2,(H,24,30)(H,25,27,31)/t10-,11?,12?,15?,16?,18-/m0/s1. The minimum absolute atomic E-state index is 0.0184. The van der Waals surface area contributed by atoms with Crippen molar-refractivity contribution in [2.75, 3.05) is 0 Å². The molecular formula is C22H22N4O7. The van der Waals surface area contributed by atoms with Crippen LogP contribution in [-0.4, -0.2) is 63.5 Å². The quantitative estimate of drug-likeness (QED) is 0.386. The zero-order chi connectivity index (χ0) is 23.6. The average molecular weight is 454 g/mol. The molecule has 4 unspecified atom stereocenters. The van der Waals surface area contributed by atoms with Crippen LogP contribution in [0.3, 0.4) is 0 Å². The highest BCUT2D eigenvalue weighted by Crippen LogP contribution is 2.45. The maximum atomic E-state index is 13.1. The highest BCUT2D eigenvalue weighted by atomic mass is 16.3. The lowest BCUT2D eigenvalue weighted by Crippen LogP contribution is -2.54. The molecule has 172 valence electrons. The number of hydrogen-bond donors (Lipinski definition) is 4. The number of imide groups is 2. The van der Waals surface area contributed by atoms with E-state index in [1.54, 1.807) is 12.1 Å². The summed E-state index contributed by atoms with van der Waals surface area (Å²) in [5.74, 6) is -5.16. The minimum atomic E-state index is -1.08. The van der Waals surface area contributed by atoms with E-state index >= 15 is 0 Å². The SMILES string of the molecule is NC1C2C[C@H](C(=O)NCc3cccc4c3C(=O)N(C3CCC(=O)NC3=O)C4=O)C(C2=O)[C@@H]1O. The van der Waals surface area contributed by atoms with Crippen molar-refractivity contribution in [3.05, 3.63) is 34.9 Å². The number of fused-ring (bicyclic) bond motifs is 3. The number of benzene rings is 1. The van der Waals surface area contributed by atoms with Gasteiger partial charge in [0.1, 0.15) is 11.8 Å². The molecule has 4 aliphatic rings. The van der Waals surface area contributed by atoms with E-state index < -0.39 is 65.5 Å². The third-order valence-electron chi connectivity index (χ3n) is 7.21. The molecule has 6 atom stereocenters. The van der Waals surface area contributed by atoms with Gasteiger partial charge in [-0.1, -0.05) is 12.1 Å². The number of nitrogens with two attached hydrogens (primary N) is 1. The molecule has 1 aromatic rings. The zero-order valence-corrected chi connectivity index (χ0v) is 17.4. The molecule has 11 heteroatoms. The molecule has 5 rings (SSSR count). The Balaban J connectivity index is 1.33. The van der Waals surface area contributed by atoms with Gasteiger partial charge in [0.05, 0.1) is 29.1 Å². The van der Waals surface area contributed by atoms with E-state index in [2.05, 4.69) is 10.6 Å². The van der Waals surface area contributed by atoms with Crippen LogP contribution in [0, 0.1) is 17.8 Å². The number of aliphatic hydroxyl groups excluding tert-OH is 1. The monoisotopic (exact) mass is 454 g/mol. The van der Waals surface area contributed by atoms with E-state index in [0.717, 1.165) is 4.90 Å². The number of nitrogens with zero attached hydrogens (tertiary/aromatic N) is 1. The summed E-state index contributed by atoms with van der Waals surface area (Å²) in [6.07, 6.45) is -0.731. The smallest absolute Gasteiger partial charge is 0.262 e. The third-order valence-corrected chi connectivity index (χ3v) is 7.21. The summed E-state index contributed by atoms with van der Waals surface area (Å²) in [7, 11) is 0. The summed E-state index contributed by atoms with van der Waals surface area (Å²) in [6, 6.07) is 2.89. The number of Topliss-reactive ketones (excluding diaryl/α,β-unsaturated/α-hetero) is 1. The Morgan fingerprint density at radius 3 is 2.61 bits per heavy atom. The van der Waals surface area contributed by atoms with Gasteiger partial charge in [-0.2, -0.15) is 0 Å². The second-order valence-corrected chi connectivity index (χ2v) is 8.95. The molecule has 5 N–H and O–H groups in total. The molecule has 2 bridgehead atoms. The molecule has 11 nitrogen and oxygen atoms in total. The fraction of sp³-hybridized carbons (Fsp3) is 0.455. The van der Waals surface area contributed by atoms with E-state index in [9.17, 15) is 33.9 Å². The molecule has 2 heterocycles. The molecule has 3 fully saturated rings. The molecule has 0 radical (unpaired) electrons. The summed E-state index contributed by atoms with van der Waals surface area (Å²) >= 11 is 0. The number of rotatable bonds is 4. The maximum Gasteiger partial charge on any atom is 0.262 e.